The summed E-state index contributed by atoms with van der Waals surface area (Å²) in [6.07, 6.45) is 11.4. The van der Waals surface area contributed by atoms with E-state index in [4.69, 9.17) is 19.3 Å². The molecule has 4 fully saturated rings. The maximum absolute atomic E-state index is 12.7. The second kappa shape index (κ2) is 13.9. The Bertz CT molecular complexity index is 1100. The third-order valence-corrected chi connectivity index (χ3v) is 13.3. The van der Waals surface area contributed by atoms with Crippen LogP contribution in [-0.4, -0.2) is 77.3 Å². The largest absolute Gasteiger partial charge is 0.462 e. The zero-order valence-electron chi connectivity index (χ0n) is 26.8. The van der Waals surface area contributed by atoms with E-state index in [-0.39, 0.29) is 60.5 Å². The molecule has 5 aliphatic rings. The first-order chi connectivity index (χ1) is 21.0. The minimum atomic E-state index is -1.01. The molecule has 0 spiro atoms. The van der Waals surface area contributed by atoms with Crippen molar-refractivity contribution in [3.63, 3.8) is 0 Å². The highest BCUT2D eigenvalue weighted by atomic mass is 32.2. The molecule has 248 valence electrons. The second-order valence-corrected chi connectivity index (χ2v) is 15.7. The number of rotatable bonds is 12. The first-order valence-electron chi connectivity index (χ1n) is 16.9. The molecule has 1 aliphatic heterocycles. The van der Waals surface area contributed by atoms with Crippen LogP contribution in [-0.2, 0) is 23.8 Å². The Labute approximate surface area is 266 Å². The van der Waals surface area contributed by atoms with Gasteiger partial charge >= 0.3 is 18.0 Å². The second-order valence-electron chi connectivity index (χ2n) is 14.4. The summed E-state index contributed by atoms with van der Waals surface area (Å²) in [6, 6.07) is 0. The van der Waals surface area contributed by atoms with Crippen LogP contribution in [0.2, 0.25) is 0 Å². The average molecular weight is 636 g/mol. The number of amides is 1. The van der Waals surface area contributed by atoms with Crippen LogP contribution in [0.15, 0.2) is 11.6 Å². The molecule has 4 saturated carbocycles. The normalized spacial score (nSPS) is 39.4. The van der Waals surface area contributed by atoms with E-state index in [2.05, 4.69) is 19.2 Å². The fourth-order valence-electron chi connectivity index (χ4n) is 10.0. The van der Waals surface area contributed by atoms with Crippen molar-refractivity contribution in [3.05, 3.63) is 11.6 Å². The Morgan fingerprint density at radius 2 is 1.82 bits per heavy atom. The summed E-state index contributed by atoms with van der Waals surface area (Å²) in [4.78, 5) is 37.0. The van der Waals surface area contributed by atoms with Crippen molar-refractivity contribution in [2.24, 2.45) is 34.5 Å². The molecule has 0 aromatic rings. The molecule has 4 aliphatic carbocycles. The van der Waals surface area contributed by atoms with E-state index in [1.165, 1.54) is 6.92 Å². The van der Waals surface area contributed by atoms with Gasteiger partial charge in [-0.15, -0.1) is 0 Å². The van der Waals surface area contributed by atoms with Gasteiger partial charge in [-0.2, -0.15) is 11.8 Å². The van der Waals surface area contributed by atoms with Gasteiger partial charge in [0, 0.05) is 30.7 Å². The van der Waals surface area contributed by atoms with E-state index in [1.54, 1.807) is 17.8 Å². The predicted molar refractivity (Wildman–Crippen MR) is 168 cm³/mol. The molecule has 1 amide bonds. The van der Waals surface area contributed by atoms with Gasteiger partial charge in [0.15, 0.2) is 0 Å². The standard InChI is InChI=1S/C34H53NO8S/c1-22(37)42-29-20-28-27(34(40)13-11-26(33(29,34)3)23-18-30(38)41-21-23)9-8-24-19-25(10-12-32(24,28)2)43-31(39)35-14-6-4-5-7-16-44-17-15-36/h18,24-29,36,40H,4-17,19-21H2,1-3H3,(H,35,39)/t24?,25?,26-,27-,28+,29?,32+,33+,34?/m1/s1. The monoisotopic (exact) mass is 635 g/mol. The molecule has 0 bridgehead atoms. The Balaban J connectivity index is 1.19. The van der Waals surface area contributed by atoms with E-state index in [0.717, 1.165) is 81.3 Å². The lowest BCUT2D eigenvalue weighted by Crippen LogP contribution is -2.67. The quantitative estimate of drug-likeness (QED) is 0.151. The lowest BCUT2D eigenvalue weighted by molar-refractivity contribution is -0.250. The van der Waals surface area contributed by atoms with Gasteiger partial charge in [0.1, 0.15) is 18.8 Å². The van der Waals surface area contributed by atoms with Crippen molar-refractivity contribution in [1.82, 2.24) is 5.32 Å². The molecule has 3 N–H and O–H groups in total. The van der Waals surface area contributed by atoms with Crippen LogP contribution in [0.1, 0.15) is 97.8 Å². The number of aliphatic hydroxyl groups is 2. The summed E-state index contributed by atoms with van der Waals surface area (Å²) in [5, 5.41) is 24.5. The minimum absolute atomic E-state index is 0.0477. The van der Waals surface area contributed by atoms with Gasteiger partial charge in [0.2, 0.25) is 0 Å². The van der Waals surface area contributed by atoms with E-state index < -0.39 is 17.1 Å². The highest BCUT2D eigenvalue weighted by Crippen LogP contribution is 2.70. The zero-order valence-corrected chi connectivity index (χ0v) is 27.6. The molecule has 9 atom stereocenters. The number of alkyl carbamates (subject to hydrolysis) is 1. The van der Waals surface area contributed by atoms with Crippen LogP contribution >= 0.6 is 11.8 Å². The van der Waals surface area contributed by atoms with Gasteiger partial charge in [-0.25, -0.2) is 9.59 Å². The Kier molecular flexibility index (Phi) is 10.6. The van der Waals surface area contributed by atoms with Crippen molar-refractivity contribution in [2.45, 2.75) is 116 Å². The number of cyclic esters (lactones) is 1. The molecule has 5 rings (SSSR count). The summed E-state index contributed by atoms with van der Waals surface area (Å²) in [5.41, 5.74) is -0.839. The number of esters is 2. The van der Waals surface area contributed by atoms with E-state index in [9.17, 15) is 19.5 Å². The summed E-state index contributed by atoms with van der Waals surface area (Å²) >= 11 is 1.78. The third-order valence-electron chi connectivity index (χ3n) is 12.3. The van der Waals surface area contributed by atoms with Crippen LogP contribution in [0.3, 0.4) is 0 Å². The maximum atomic E-state index is 12.7. The van der Waals surface area contributed by atoms with Gasteiger partial charge in [-0.1, -0.05) is 26.7 Å². The van der Waals surface area contributed by atoms with E-state index in [0.29, 0.717) is 25.3 Å². The topological polar surface area (TPSA) is 131 Å². The lowest BCUT2D eigenvalue weighted by Gasteiger charge is -2.65. The van der Waals surface area contributed by atoms with Crippen molar-refractivity contribution in [1.29, 1.82) is 0 Å². The SMILES string of the molecule is CC(=O)OC1C[C@H]2[C@@H](CCC3CC(OC(=O)NCCCCCCSCCO)CC[C@@]32C)C2(O)CC[C@H](C3=CC(=O)OC3)[C@@]12C. The molecule has 0 radical (unpaired) electrons. The van der Waals surface area contributed by atoms with E-state index >= 15 is 0 Å². The number of unbranched alkanes of at least 4 members (excludes halogenated alkanes) is 3. The fraction of sp³-hybridized carbons (Fsp3) is 0.853. The molecule has 0 aromatic carbocycles. The Morgan fingerprint density at radius 3 is 2.55 bits per heavy atom. The molecule has 9 nitrogen and oxygen atoms in total. The summed E-state index contributed by atoms with van der Waals surface area (Å²) in [6.45, 7) is 6.97. The number of fused-ring (bicyclic) bond motifs is 5. The number of hydrogen-bond donors (Lipinski definition) is 3. The summed E-state index contributed by atoms with van der Waals surface area (Å²) in [7, 11) is 0. The zero-order chi connectivity index (χ0) is 31.5. The first-order valence-corrected chi connectivity index (χ1v) is 18.1. The minimum Gasteiger partial charge on any atom is -0.462 e. The van der Waals surface area contributed by atoms with Gasteiger partial charge in [0.25, 0.3) is 0 Å². The maximum Gasteiger partial charge on any atom is 0.407 e. The number of carbonyl (C=O) groups is 3. The number of ether oxygens (including phenoxy) is 3. The summed E-state index contributed by atoms with van der Waals surface area (Å²) < 4.78 is 17.3. The molecule has 0 saturated heterocycles. The molecule has 44 heavy (non-hydrogen) atoms. The predicted octanol–water partition coefficient (Wildman–Crippen LogP) is 5.17. The molecular formula is C34H53NO8S. The molecule has 1 heterocycles. The third kappa shape index (κ3) is 6.41. The number of thioether (sulfide) groups is 1. The van der Waals surface area contributed by atoms with Crippen LogP contribution in [0.5, 0.6) is 0 Å². The van der Waals surface area contributed by atoms with Gasteiger partial charge in [0.05, 0.1) is 12.2 Å². The van der Waals surface area contributed by atoms with E-state index in [1.807, 2.05) is 0 Å². The molecule has 0 aromatic heterocycles. The van der Waals surface area contributed by atoms with Crippen molar-refractivity contribution in [3.8, 4) is 0 Å². The van der Waals surface area contributed by atoms with Crippen LogP contribution < -0.4 is 5.32 Å². The van der Waals surface area contributed by atoms with Crippen LogP contribution in [0.25, 0.3) is 0 Å². The smallest absolute Gasteiger partial charge is 0.407 e. The Morgan fingerprint density at radius 1 is 1.02 bits per heavy atom. The number of nitrogens with one attached hydrogen (secondary N) is 1. The fourth-order valence-corrected chi connectivity index (χ4v) is 10.8. The van der Waals surface area contributed by atoms with Crippen molar-refractivity contribution >= 4 is 29.8 Å². The highest BCUT2D eigenvalue weighted by Gasteiger charge is 2.72. The average Bonchev–Trinajstić information content (AvgIpc) is 3.53. The van der Waals surface area contributed by atoms with Crippen molar-refractivity contribution in [2.75, 3.05) is 31.3 Å². The summed E-state index contributed by atoms with van der Waals surface area (Å²) in [5.74, 6) is 1.75. The Hall–Kier alpha value is -1.78. The molecular weight excluding hydrogens is 582 g/mol. The van der Waals surface area contributed by atoms with Gasteiger partial charge in [-0.3, -0.25) is 4.79 Å². The molecule has 4 unspecified atom stereocenters. The lowest BCUT2D eigenvalue weighted by atomic mass is 9.42. The number of aliphatic hydroxyl groups excluding tert-OH is 1. The van der Waals surface area contributed by atoms with Gasteiger partial charge < -0.3 is 29.7 Å². The van der Waals surface area contributed by atoms with Gasteiger partial charge in [-0.05, 0) is 105 Å². The highest BCUT2D eigenvalue weighted by molar-refractivity contribution is 7.99. The van der Waals surface area contributed by atoms with Crippen LogP contribution in [0.4, 0.5) is 4.79 Å². The first kappa shape index (κ1) is 33.6. The number of hydrogen-bond acceptors (Lipinski definition) is 9. The number of carbonyl (C=O) groups excluding carboxylic acids is 3. The van der Waals surface area contributed by atoms with Crippen LogP contribution in [0, 0.1) is 34.5 Å². The molecule has 10 heteroatoms. The van der Waals surface area contributed by atoms with Crippen molar-refractivity contribution < 1.29 is 38.8 Å².